The second-order valence-electron chi connectivity index (χ2n) is 2.07. The summed E-state index contributed by atoms with van der Waals surface area (Å²) in [6.07, 6.45) is -10.3. The molecule has 0 N–H and O–H groups in total. The molecule has 0 spiro atoms. The maximum Gasteiger partial charge on any atom is 0.482 e. The van der Waals surface area contributed by atoms with Crippen LogP contribution in [-0.2, 0) is 4.74 Å². The highest BCUT2D eigenvalue weighted by Crippen LogP contribution is 2.36. The van der Waals surface area contributed by atoms with Crippen LogP contribution in [0, 0.1) is 6.92 Å². The number of hydrogen-bond donors (Lipinski definition) is 0. The van der Waals surface area contributed by atoms with Crippen LogP contribution in [-0.4, -0.2) is 18.9 Å². The van der Waals surface area contributed by atoms with E-state index in [4.69, 9.17) is 0 Å². The van der Waals surface area contributed by atoms with Gasteiger partial charge in [0.2, 0.25) is 0 Å². The molecule has 0 unspecified atom stereocenters. The summed E-state index contributed by atoms with van der Waals surface area (Å²) in [5.74, 6) is 0. The molecule has 0 aromatic rings. The van der Waals surface area contributed by atoms with Gasteiger partial charge >= 0.3 is 12.3 Å². The van der Waals surface area contributed by atoms with Crippen molar-refractivity contribution < 1.29 is 26.7 Å². The second kappa shape index (κ2) is 4.02. The Balaban J connectivity index is 3.88. The van der Waals surface area contributed by atoms with Gasteiger partial charge in [-0.05, 0) is 6.42 Å². The highest BCUT2D eigenvalue weighted by Gasteiger charge is 2.59. The van der Waals surface area contributed by atoms with E-state index in [1.807, 2.05) is 0 Å². The summed E-state index contributed by atoms with van der Waals surface area (Å²) in [6, 6.07) is 0. The summed E-state index contributed by atoms with van der Waals surface area (Å²) in [7, 11) is 0. The van der Waals surface area contributed by atoms with Gasteiger partial charge in [-0.2, -0.15) is 22.0 Å². The number of hydrogen-bond acceptors (Lipinski definition) is 1. The minimum absolute atomic E-state index is 0.0751. The van der Waals surface area contributed by atoms with Crippen molar-refractivity contribution in [1.82, 2.24) is 0 Å². The van der Waals surface area contributed by atoms with Crippen molar-refractivity contribution in [2.45, 2.75) is 25.1 Å². The Kier molecular flexibility index (Phi) is 3.89. The van der Waals surface area contributed by atoms with E-state index in [9.17, 15) is 22.0 Å². The van der Waals surface area contributed by atoms with Crippen LogP contribution < -0.4 is 0 Å². The smallest absolute Gasteiger partial charge is 0.313 e. The fraction of sp³-hybridized carbons (Fsp3) is 0.833. The average molecular weight is 191 g/mol. The summed E-state index contributed by atoms with van der Waals surface area (Å²) >= 11 is 0. The van der Waals surface area contributed by atoms with Crippen molar-refractivity contribution in [1.29, 1.82) is 0 Å². The van der Waals surface area contributed by atoms with E-state index in [1.54, 1.807) is 0 Å². The first-order valence-electron chi connectivity index (χ1n) is 3.19. The zero-order valence-corrected chi connectivity index (χ0v) is 6.13. The van der Waals surface area contributed by atoms with Crippen molar-refractivity contribution >= 4 is 0 Å². The predicted octanol–water partition coefficient (Wildman–Crippen LogP) is 2.77. The molecule has 0 fully saturated rings. The Morgan fingerprint density at radius 1 is 1.08 bits per heavy atom. The summed E-state index contributed by atoms with van der Waals surface area (Å²) in [4.78, 5) is 0. The van der Waals surface area contributed by atoms with E-state index in [-0.39, 0.29) is 12.8 Å². The molecule has 0 aliphatic heterocycles. The van der Waals surface area contributed by atoms with Crippen molar-refractivity contribution in [2.75, 3.05) is 6.61 Å². The fourth-order valence-electron chi connectivity index (χ4n) is 0.384. The third-order valence-electron chi connectivity index (χ3n) is 1.01. The largest absolute Gasteiger partial charge is 0.482 e. The molecular weight excluding hydrogens is 183 g/mol. The second-order valence-corrected chi connectivity index (χ2v) is 2.07. The first-order valence-corrected chi connectivity index (χ1v) is 3.19. The van der Waals surface area contributed by atoms with Crippen LogP contribution >= 0.6 is 0 Å². The van der Waals surface area contributed by atoms with Gasteiger partial charge in [0.25, 0.3) is 0 Å². The zero-order chi connectivity index (χ0) is 9.83. The van der Waals surface area contributed by atoms with Crippen LogP contribution in [0.5, 0.6) is 0 Å². The molecule has 0 saturated carbocycles. The van der Waals surface area contributed by atoms with E-state index >= 15 is 0 Å². The van der Waals surface area contributed by atoms with Gasteiger partial charge in [-0.1, -0.05) is 13.3 Å². The first kappa shape index (κ1) is 11.6. The Bertz CT molecular complexity index is 130. The normalized spacial score (nSPS) is 13.5. The molecule has 0 aromatic heterocycles. The van der Waals surface area contributed by atoms with Gasteiger partial charge in [0.1, 0.15) is 0 Å². The zero-order valence-electron chi connectivity index (χ0n) is 6.13. The van der Waals surface area contributed by atoms with Crippen LogP contribution in [0.25, 0.3) is 0 Å². The quantitative estimate of drug-likeness (QED) is 0.490. The van der Waals surface area contributed by atoms with Crippen molar-refractivity contribution in [2.24, 2.45) is 0 Å². The first-order chi connectivity index (χ1) is 5.31. The summed E-state index contributed by atoms with van der Waals surface area (Å²) in [6.45, 7) is 2.62. The van der Waals surface area contributed by atoms with E-state index < -0.39 is 18.9 Å². The van der Waals surface area contributed by atoms with Crippen LogP contribution in [0.4, 0.5) is 22.0 Å². The minimum atomic E-state index is -5.63. The molecule has 0 aromatic carbocycles. The molecular formula is C6H8F5O. The number of ether oxygens (including phenoxy) is 1. The molecule has 12 heavy (non-hydrogen) atoms. The predicted molar refractivity (Wildman–Crippen MR) is 31.5 cm³/mol. The monoisotopic (exact) mass is 191 g/mol. The molecule has 1 radical (unpaired) electrons. The number of halogens is 5. The molecule has 0 aliphatic rings. The fourth-order valence-corrected chi connectivity index (χ4v) is 0.384. The molecule has 0 rings (SSSR count). The van der Waals surface area contributed by atoms with Crippen LogP contribution in [0.2, 0.25) is 0 Å². The van der Waals surface area contributed by atoms with Gasteiger partial charge < -0.3 is 4.74 Å². The Morgan fingerprint density at radius 3 is 1.92 bits per heavy atom. The van der Waals surface area contributed by atoms with Gasteiger partial charge in [-0.25, -0.2) is 0 Å². The average Bonchev–Trinajstić information content (AvgIpc) is 1.85. The highest BCUT2D eigenvalue weighted by molar-refractivity contribution is 4.63. The lowest BCUT2D eigenvalue weighted by Gasteiger charge is -2.18. The van der Waals surface area contributed by atoms with Crippen molar-refractivity contribution in [3.05, 3.63) is 6.92 Å². The molecule has 0 amide bonds. The Labute approximate surface area is 66.5 Å². The summed E-state index contributed by atoms with van der Waals surface area (Å²) < 4.78 is 61.2. The maximum absolute atomic E-state index is 11.9. The molecule has 6 heteroatoms. The lowest BCUT2D eigenvalue weighted by Crippen LogP contribution is -2.39. The molecule has 1 nitrogen and oxygen atoms in total. The molecule has 0 aliphatic carbocycles. The molecule has 0 heterocycles. The maximum atomic E-state index is 11.9. The molecule has 0 bridgehead atoms. The Morgan fingerprint density at radius 2 is 1.58 bits per heavy atom. The third kappa shape index (κ3) is 3.34. The van der Waals surface area contributed by atoms with Crippen molar-refractivity contribution in [3.63, 3.8) is 0 Å². The van der Waals surface area contributed by atoms with Gasteiger partial charge in [-0.3, -0.25) is 0 Å². The SMILES string of the molecule is [CH2]CCCOC(F)(F)C(F)(F)F. The standard InChI is InChI=1S/C6H8F5O/c1-2-3-4-12-6(10,11)5(7,8)9/h1-4H2. The number of unbranched alkanes of at least 4 members (excludes halogenated alkanes) is 1. The molecule has 0 atom stereocenters. The lowest BCUT2D eigenvalue weighted by molar-refractivity contribution is -0.391. The molecule has 73 valence electrons. The van der Waals surface area contributed by atoms with E-state index in [1.165, 1.54) is 0 Å². The Hall–Kier alpha value is -0.390. The van der Waals surface area contributed by atoms with Gasteiger partial charge in [-0.15, -0.1) is 0 Å². The third-order valence-corrected chi connectivity index (χ3v) is 1.01. The number of alkyl halides is 5. The summed E-state index contributed by atoms with van der Waals surface area (Å²) in [5, 5.41) is 0. The van der Waals surface area contributed by atoms with Crippen LogP contribution in [0.1, 0.15) is 12.8 Å². The topological polar surface area (TPSA) is 9.23 Å². The van der Waals surface area contributed by atoms with E-state index in [2.05, 4.69) is 11.7 Å². The van der Waals surface area contributed by atoms with Gasteiger partial charge in [0.15, 0.2) is 0 Å². The highest BCUT2D eigenvalue weighted by atomic mass is 19.4. The number of rotatable bonds is 4. The van der Waals surface area contributed by atoms with E-state index in [0.29, 0.717) is 0 Å². The van der Waals surface area contributed by atoms with Gasteiger partial charge in [0, 0.05) is 0 Å². The minimum Gasteiger partial charge on any atom is -0.313 e. The summed E-state index contributed by atoms with van der Waals surface area (Å²) in [5.41, 5.74) is 0. The van der Waals surface area contributed by atoms with Gasteiger partial charge in [0.05, 0.1) is 6.61 Å². The van der Waals surface area contributed by atoms with Crippen molar-refractivity contribution in [3.8, 4) is 0 Å². The van der Waals surface area contributed by atoms with E-state index in [0.717, 1.165) is 0 Å². The van der Waals surface area contributed by atoms with Crippen LogP contribution in [0.3, 0.4) is 0 Å². The lowest BCUT2D eigenvalue weighted by atomic mass is 10.4. The molecule has 0 saturated heterocycles. The van der Waals surface area contributed by atoms with Crippen LogP contribution in [0.15, 0.2) is 0 Å².